The minimum absolute atomic E-state index is 0.0503. The van der Waals surface area contributed by atoms with Crippen LogP contribution in [0, 0.1) is 0 Å². The predicted molar refractivity (Wildman–Crippen MR) is 75.5 cm³/mol. The maximum absolute atomic E-state index is 11.2. The summed E-state index contributed by atoms with van der Waals surface area (Å²) >= 11 is 1.44. The molecule has 0 spiro atoms. The zero-order valence-electron chi connectivity index (χ0n) is 11.2. The molecule has 2 unspecified atom stereocenters. The van der Waals surface area contributed by atoms with Gasteiger partial charge in [0.2, 0.25) is 0 Å². The standard InChI is InChI=1S/C14H19NO2S/c1-8-12(13(16)17)18-10-7-5-6-9(11(10)15-8)14(2,3)4/h5-8,12,15H,1-4H3,(H,16,17). The van der Waals surface area contributed by atoms with Crippen molar-refractivity contribution in [2.75, 3.05) is 5.32 Å². The Morgan fingerprint density at radius 3 is 2.61 bits per heavy atom. The number of hydrogen-bond donors (Lipinski definition) is 2. The van der Waals surface area contributed by atoms with Gasteiger partial charge in [0.15, 0.2) is 0 Å². The van der Waals surface area contributed by atoms with Gasteiger partial charge in [-0.1, -0.05) is 32.9 Å². The molecule has 3 nitrogen and oxygen atoms in total. The highest BCUT2D eigenvalue weighted by Gasteiger charge is 2.33. The van der Waals surface area contributed by atoms with Crippen LogP contribution in [0.4, 0.5) is 5.69 Å². The number of benzene rings is 1. The second-order valence-electron chi connectivity index (χ2n) is 5.74. The smallest absolute Gasteiger partial charge is 0.319 e. The van der Waals surface area contributed by atoms with E-state index in [4.69, 9.17) is 0 Å². The maximum atomic E-state index is 11.2. The number of thioether (sulfide) groups is 1. The second kappa shape index (κ2) is 4.50. The number of nitrogens with one attached hydrogen (secondary N) is 1. The van der Waals surface area contributed by atoms with Crippen LogP contribution in [0.5, 0.6) is 0 Å². The Bertz CT molecular complexity index is 479. The predicted octanol–water partition coefficient (Wildman–Crippen LogP) is 3.34. The normalized spacial score (nSPS) is 23.1. The Kier molecular flexibility index (Phi) is 3.32. The fourth-order valence-corrected chi connectivity index (χ4v) is 3.30. The van der Waals surface area contributed by atoms with E-state index >= 15 is 0 Å². The Labute approximate surface area is 112 Å². The van der Waals surface area contributed by atoms with E-state index in [0.717, 1.165) is 10.6 Å². The Balaban J connectivity index is 2.45. The molecule has 0 aromatic heterocycles. The summed E-state index contributed by atoms with van der Waals surface area (Å²) in [7, 11) is 0. The van der Waals surface area contributed by atoms with Crippen LogP contribution in [-0.4, -0.2) is 22.4 Å². The summed E-state index contributed by atoms with van der Waals surface area (Å²) in [5.41, 5.74) is 2.39. The minimum atomic E-state index is -0.758. The van der Waals surface area contributed by atoms with Crippen molar-refractivity contribution in [3.05, 3.63) is 23.8 Å². The highest BCUT2D eigenvalue weighted by atomic mass is 32.2. The number of carboxylic acid groups (broad SMARTS) is 1. The summed E-state index contributed by atoms with van der Waals surface area (Å²) in [5.74, 6) is -0.758. The molecule has 18 heavy (non-hydrogen) atoms. The molecule has 2 N–H and O–H groups in total. The Morgan fingerprint density at radius 1 is 1.39 bits per heavy atom. The first-order valence-corrected chi connectivity index (χ1v) is 6.98. The lowest BCUT2D eigenvalue weighted by molar-refractivity contribution is -0.136. The molecular weight excluding hydrogens is 246 g/mol. The summed E-state index contributed by atoms with van der Waals surface area (Å²) in [4.78, 5) is 12.2. The quantitative estimate of drug-likeness (QED) is 0.817. The average molecular weight is 265 g/mol. The second-order valence-corrected chi connectivity index (χ2v) is 6.92. The van der Waals surface area contributed by atoms with Crippen LogP contribution in [0.1, 0.15) is 33.3 Å². The van der Waals surface area contributed by atoms with E-state index in [1.54, 1.807) is 0 Å². The van der Waals surface area contributed by atoms with Gasteiger partial charge >= 0.3 is 5.97 Å². The molecule has 0 amide bonds. The van der Waals surface area contributed by atoms with Gasteiger partial charge < -0.3 is 10.4 Å². The molecule has 4 heteroatoms. The maximum Gasteiger partial charge on any atom is 0.319 e. The van der Waals surface area contributed by atoms with Crippen molar-refractivity contribution in [1.82, 2.24) is 0 Å². The van der Waals surface area contributed by atoms with E-state index in [-0.39, 0.29) is 11.5 Å². The van der Waals surface area contributed by atoms with E-state index in [9.17, 15) is 9.90 Å². The van der Waals surface area contributed by atoms with Crippen molar-refractivity contribution < 1.29 is 9.90 Å². The molecule has 2 rings (SSSR count). The molecule has 1 aromatic rings. The fraction of sp³-hybridized carbons (Fsp3) is 0.500. The summed E-state index contributed by atoms with van der Waals surface area (Å²) in [6, 6.07) is 6.04. The number of para-hydroxylation sites is 1. The molecule has 0 aliphatic carbocycles. The van der Waals surface area contributed by atoms with Gasteiger partial charge in [-0.05, 0) is 24.0 Å². The number of rotatable bonds is 1. The molecule has 98 valence electrons. The van der Waals surface area contributed by atoms with Crippen molar-refractivity contribution in [2.24, 2.45) is 0 Å². The topological polar surface area (TPSA) is 49.3 Å². The van der Waals surface area contributed by atoms with E-state index in [1.165, 1.54) is 17.3 Å². The summed E-state index contributed by atoms with van der Waals surface area (Å²) in [6.07, 6.45) is 0. The van der Waals surface area contributed by atoms with Crippen LogP contribution in [-0.2, 0) is 10.2 Å². The van der Waals surface area contributed by atoms with E-state index < -0.39 is 11.2 Å². The van der Waals surface area contributed by atoms with Crippen LogP contribution in [0.25, 0.3) is 0 Å². The van der Waals surface area contributed by atoms with E-state index in [2.05, 4.69) is 32.2 Å². The molecule has 1 aliphatic rings. The first-order chi connectivity index (χ1) is 8.30. The van der Waals surface area contributed by atoms with Gasteiger partial charge in [-0.3, -0.25) is 4.79 Å². The van der Waals surface area contributed by atoms with Gasteiger partial charge in [0.05, 0.1) is 5.69 Å². The number of fused-ring (bicyclic) bond motifs is 1. The van der Waals surface area contributed by atoms with Crippen LogP contribution < -0.4 is 5.32 Å². The van der Waals surface area contributed by atoms with Gasteiger partial charge in [-0.2, -0.15) is 0 Å². The molecule has 0 fully saturated rings. The van der Waals surface area contributed by atoms with Crippen molar-refractivity contribution in [1.29, 1.82) is 0 Å². The summed E-state index contributed by atoms with van der Waals surface area (Å²) < 4.78 is 0. The van der Waals surface area contributed by atoms with Crippen LogP contribution in [0.15, 0.2) is 23.1 Å². The van der Waals surface area contributed by atoms with Gasteiger partial charge in [0, 0.05) is 10.9 Å². The molecular formula is C14H19NO2S. The SMILES string of the molecule is CC1Nc2c(cccc2C(C)(C)C)SC1C(=O)O. The third-order valence-electron chi connectivity index (χ3n) is 3.16. The first-order valence-electron chi connectivity index (χ1n) is 6.10. The monoisotopic (exact) mass is 265 g/mol. The average Bonchev–Trinajstić information content (AvgIpc) is 2.25. The highest BCUT2D eigenvalue weighted by molar-refractivity contribution is 8.01. The number of aliphatic carboxylic acids is 1. The lowest BCUT2D eigenvalue weighted by atomic mass is 9.85. The van der Waals surface area contributed by atoms with Crippen LogP contribution >= 0.6 is 11.8 Å². The van der Waals surface area contributed by atoms with Crippen molar-refractivity contribution >= 4 is 23.4 Å². The molecule has 0 saturated carbocycles. The zero-order chi connectivity index (χ0) is 13.5. The first kappa shape index (κ1) is 13.3. The van der Waals surface area contributed by atoms with Gasteiger partial charge in [0.1, 0.15) is 5.25 Å². The molecule has 1 aromatic carbocycles. The van der Waals surface area contributed by atoms with E-state index in [1.807, 2.05) is 19.1 Å². The van der Waals surface area contributed by atoms with Crippen molar-refractivity contribution in [3.63, 3.8) is 0 Å². The van der Waals surface area contributed by atoms with Crippen molar-refractivity contribution in [2.45, 2.75) is 49.3 Å². The third kappa shape index (κ3) is 2.34. The number of carboxylic acids is 1. The number of carbonyl (C=O) groups is 1. The van der Waals surface area contributed by atoms with Gasteiger partial charge in [-0.15, -0.1) is 11.8 Å². The lowest BCUT2D eigenvalue weighted by Crippen LogP contribution is -2.38. The van der Waals surface area contributed by atoms with Crippen LogP contribution in [0.3, 0.4) is 0 Å². The largest absolute Gasteiger partial charge is 0.480 e. The number of anilines is 1. The fourth-order valence-electron chi connectivity index (χ4n) is 2.21. The van der Waals surface area contributed by atoms with Crippen molar-refractivity contribution in [3.8, 4) is 0 Å². The third-order valence-corrected chi connectivity index (χ3v) is 4.62. The number of hydrogen-bond acceptors (Lipinski definition) is 3. The highest BCUT2D eigenvalue weighted by Crippen LogP contribution is 2.43. The van der Waals surface area contributed by atoms with Gasteiger partial charge in [0.25, 0.3) is 0 Å². The van der Waals surface area contributed by atoms with E-state index in [0.29, 0.717) is 0 Å². The lowest BCUT2D eigenvalue weighted by Gasteiger charge is -2.33. The molecule has 1 heterocycles. The molecule has 0 radical (unpaired) electrons. The zero-order valence-corrected chi connectivity index (χ0v) is 12.0. The van der Waals surface area contributed by atoms with Crippen LogP contribution in [0.2, 0.25) is 0 Å². The summed E-state index contributed by atoms with van der Waals surface area (Å²) in [5, 5.41) is 12.1. The molecule has 1 aliphatic heterocycles. The molecule has 0 bridgehead atoms. The summed E-state index contributed by atoms with van der Waals surface area (Å²) in [6.45, 7) is 8.43. The Morgan fingerprint density at radius 2 is 2.06 bits per heavy atom. The van der Waals surface area contributed by atoms with Gasteiger partial charge in [-0.25, -0.2) is 0 Å². The molecule has 0 saturated heterocycles. The minimum Gasteiger partial charge on any atom is -0.480 e. The molecule has 2 atom stereocenters. The Hall–Kier alpha value is -1.16.